The molecule has 1 amide bonds. The molecule has 0 spiro atoms. The van der Waals surface area contributed by atoms with Crippen molar-refractivity contribution in [1.82, 2.24) is 10.2 Å². The van der Waals surface area contributed by atoms with Crippen molar-refractivity contribution in [2.75, 3.05) is 11.1 Å². The van der Waals surface area contributed by atoms with Gasteiger partial charge in [-0.15, -0.1) is 5.10 Å². The van der Waals surface area contributed by atoms with E-state index in [4.69, 9.17) is 5.73 Å². The number of aromatic nitrogens is 2. The van der Waals surface area contributed by atoms with E-state index >= 15 is 0 Å². The fraction of sp³-hybridized carbons (Fsp3) is 0.0833. The van der Waals surface area contributed by atoms with Crippen LogP contribution in [0.15, 0.2) is 36.5 Å². The highest BCUT2D eigenvalue weighted by Crippen LogP contribution is 2.31. The summed E-state index contributed by atoms with van der Waals surface area (Å²) in [5, 5.41) is 9.45. The molecule has 2 aromatic rings. The Hall–Kier alpha value is -2.64. The van der Waals surface area contributed by atoms with E-state index in [1.54, 1.807) is 0 Å². The molecular formula is C12H9F3N4O. The van der Waals surface area contributed by atoms with Crippen LogP contribution < -0.4 is 11.1 Å². The van der Waals surface area contributed by atoms with Gasteiger partial charge in [0.25, 0.3) is 5.91 Å². The molecule has 3 N–H and O–H groups in total. The third-order valence-corrected chi connectivity index (χ3v) is 2.44. The number of carbonyl (C=O) groups is 1. The summed E-state index contributed by atoms with van der Waals surface area (Å²) in [5.41, 5.74) is 4.25. The number of anilines is 2. The number of nitrogens with two attached hydrogens (primary N) is 1. The Bertz CT molecular complexity index is 628. The van der Waals surface area contributed by atoms with Crippen LogP contribution in [-0.4, -0.2) is 16.1 Å². The smallest absolute Gasteiger partial charge is 0.398 e. The fourth-order valence-electron chi connectivity index (χ4n) is 1.48. The van der Waals surface area contributed by atoms with Crippen molar-refractivity contribution >= 4 is 17.4 Å². The molecule has 8 heteroatoms. The van der Waals surface area contributed by atoms with Gasteiger partial charge in [-0.3, -0.25) is 4.79 Å². The van der Waals surface area contributed by atoms with E-state index in [1.807, 2.05) is 0 Å². The third kappa shape index (κ3) is 3.02. The number of alkyl halides is 3. The Morgan fingerprint density at radius 3 is 2.60 bits per heavy atom. The zero-order valence-electron chi connectivity index (χ0n) is 9.98. The van der Waals surface area contributed by atoms with Gasteiger partial charge in [-0.1, -0.05) is 0 Å². The summed E-state index contributed by atoms with van der Waals surface area (Å²) in [6, 6.07) is 5.52. The lowest BCUT2D eigenvalue weighted by molar-refractivity contribution is -0.137. The van der Waals surface area contributed by atoms with Crippen molar-refractivity contribution < 1.29 is 18.0 Å². The summed E-state index contributed by atoms with van der Waals surface area (Å²) in [4.78, 5) is 11.9. The molecule has 0 fully saturated rings. The predicted molar refractivity (Wildman–Crippen MR) is 65.8 cm³/mol. The Kier molecular flexibility index (Phi) is 3.55. The summed E-state index contributed by atoms with van der Waals surface area (Å²) in [5.74, 6) is -0.664. The van der Waals surface area contributed by atoms with Crippen LogP contribution in [0.2, 0.25) is 0 Å². The van der Waals surface area contributed by atoms with Gasteiger partial charge >= 0.3 is 6.18 Å². The second-order valence-corrected chi connectivity index (χ2v) is 3.86. The maximum atomic E-state index is 12.6. The second kappa shape index (κ2) is 5.16. The number of nitrogens with zero attached hydrogens (tertiary/aromatic N) is 2. The van der Waals surface area contributed by atoms with Crippen LogP contribution >= 0.6 is 0 Å². The molecule has 0 unspecified atom stereocenters. The molecule has 104 valence electrons. The zero-order chi connectivity index (χ0) is 14.8. The van der Waals surface area contributed by atoms with Crippen molar-refractivity contribution in [3.63, 3.8) is 0 Å². The molecule has 0 radical (unpaired) electrons. The lowest BCUT2D eigenvalue weighted by Crippen LogP contribution is -2.17. The molecular weight excluding hydrogens is 273 g/mol. The Morgan fingerprint density at radius 1 is 1.25 bits per heavy atom. The summed E-state index contributed by atoms with van der Waals surface area (Å²) in [7, 11) is 0. The highest BCUT2D eigenvalue weighted by Gasteiger charge is 2.31. The Balaban J connectivity index is 2.30. The molecule has 1 heterocycles. The van der Waals surface area contributed by atoms with Crippen LogP contribution in [0.3, 0.4) is 0 Å². The molecule has 0 aliphatic carbocycles. The number of hydrogen-bond acceptors (Lipinski definition) is 4. The number of nitrogens with one attached hydrogen (secondary N) is 1. The van der Waals surface area contributed by atoms with Gasteiger partial charge < -0.3 is 11.1 Å². The molecule has 0 aliphatic heterocycles. The number of carbonyl (C=O) groups excluding carboxylic acids is 1. The summed E-state index contributed by atoms with van der Waals surface area (Å²) in [6.07, 6.45) is -3.15. The van der Waals surface area contributed by atoms with Crippen LogP contribution in [0.4, 0.5) is 24.7 Å². The van der Waals surface area contributed by atoms with Gasteiger partial charge in [0.1, 0.15) is 0 Å². The molecule has 2 rings (SSSR count). The van der Waals surface area contributed by atoms with Crippen molar-refractivity contribution in [2.24, 2.45) is 0 Å². The topological polar surface area (TPSA) is 80.9 Å². The largest absolute Gasteiger partial charge is 0.416 e. The summed E-state index contributed by atoms with van der Waals surface area (Å²) < 4.78 is 37.8. The first-order valence-electron chi connectivity index (χ1n) is 5.43. The lowest BCUT2D eigenvalue weighted by Gasteiger charge is -2.11. The normalized spacial score (nSPS) is 11.2. The summed E-state index contributed by atoms with van der Waals surface area (Å²) >= 11 is 0. The highest BCUT2D eigenvalue weighted by molar-refractivity contribution is 6.07. The quantitative estimate of drug-likeness (QED) is 0.828. The summed E-state index contributed by atoms with van der Waals surface area (Å²) in [6.45, 7) is 0. The highest BCUT2D eigenvalue weighted by atomic mass is 19.4. The molecule has 5 nitrogen and oxygen atoms in total. The first kappa shape index (κ1) is 13.8. The van der Waals surface area contributed by atoms with Crippen LogP contribution in [-0.2, 0) is 6.18 Å². The number of nitrogen functional groups attached to an aromatic ring is 1. The van der Waals surface area contributed by atoms with E-state index in [-0.39, 0.29) is 17.1 Å². The van der Waals surface area contributed by atoms with Crippen LogP contribution in [0.5, 0.6) is 0 Å². The Labute approximate surface area is 111 Å². The first-order chi connectivity index (χ1) is 9.38. The van der Waals surface area contributed by atoms with E-state index in [0.717, 1.165) is 12.1 Å². The average Bonchev–Trinajstić information content (AvgIpc) is 2.39. The van der Waals surface area contributed by atoms with E-state index in [2.05, 4.69) is 15.5 Å². The lowest BCUT2D eigenvalue weighted by atomic mass is 10.1. The SMILES string of the molecule is Nc1ccc(C(F)(F)F)cc1C(=O)Nc1cccnn1. The van der Waals surface area contributed by atoms with Gasteiger partial charge in [-0.25, -0.2) is 0 Å². The van der Waals surface area contributed by atoms with E-state index < -0.39 is 17.6 Å². The van der Waals surface area contributed by atoms with Gasteiger partial charge in [0, 0.05) is 11.9 Å². The fourth-order valence-corrected chi connectivity index (χ4v) is 1.48. The molecule has 1 aromatic carbocycles. The standard InChI is InChI=1S/C12H9F3N4O/c13-12(14,15)7-3-4-9(16)8(6-7)11(20)18-10-2-1-5-17-19-10/h1-6H,16H2,(H,18,19,20). The van der Waals surface area contributed by atoms with E-state index in [0.29, 0.717) is 6.07 Å². The second-order valence-electron chi connectivity index (χ2n) is 3.86. The monoisotopic (exact) mass is 282 g/mol. The van der Waals surface area contributed by atoms with Crippen molar-refractivity contribution in [1.29, 1.82) is 0 Å². The number of rotatable bonds is 2. The first-order valence-corrected chi connectivity index (χ1v) is 5.43. The van der Waals surface area contributed by atoms with E-state index in [9.17, 15) is 18.0 Å². The minimum atomic E-state index is -4.55. The van der Waals surface area contributed by atoms with E-state index in [1.165, 1.54) is 18.3 Å². The maximum Gasteiger partial charge on any atom is 0.416 e. The van der Waals surface area contributed by atoms with Crippen LogP contribution in [0.1, 0.15) is 15.9 Å². The van der Waals surface area contributed by atoms with Gasteiger partial charge in [-0.05, 0) is 30.3 Å². The number of halogens is 3. The van der Waals surface area contributed by atoms with Gasteiger partial charge in [0.05, 0.1) is 11.1 Å². The average molecular weight is 282 g/mol. The van der Waals surface area contributed by atoms with Gasteiger partial charge in [0.15, 0.2) is 5.82 Å². The van der Waals surface area contributed by atoms with Crippen molar-refractivity contribution in [2.45, 2.75) is 6.18 Å². The Morgan fingerprint density at radius 2 is 2.00 bits per heavy atom. The molecule has 0 saturated carbocycles. The third-order valence-electron chi connectivity index (χ3n) is 2.44. The zero-order valence-corrected chi connectivity index (χ0v) is 9.98. The van der Waals surface area contributed by atoms with Crippen molar-refractivity contribution in [3.8, 4) is 0 Å². The number of amides is 1. The predicted octanol–water partition coefficient (Wildman–Crippen LogP) is 2.33. The number of benzene rings is 1. The van der Waals surface area contributed by atoms with Gasteiger partial charge in [0.2, 0.25) is 0 Å². The number of hydrogen-bond donors (Lipinski definition) is 2. The maximum absolute atomic E-state index is 12.6. The molecule has 0 atom stereocenters. The molecule has 0 saturated heterocycles. The molecule has 0 bridgehead atoms. The van der Waals surface area contributed by atoms with Crippen LogP contribution in [0, 0.1) is 0 Å². The molecule has 20 heavy (non-hydrogen) atoms. The van der Waals surface area contributed by atoms with Crippen LogP contribution in [0.25, 0.3) is 0 Å². The minimum Gasteiger partial charge on any atom is -0.398 e. The minimum absolute atomic E-state index is 0.0561. The van der Waals surface area contributed by atoms with Gasteiger partial charge in [-0.2, -0.15) is 18.3 Å². The molecule has 0 aliphatic rings. The van der Waals surface area contributed by atoms with Crippen molar-refractivity contribution in [3.05, 3.63) is 47.7 Å². The molecule has 1 aromatic heterocycles.